The molecule has 0 bridgehead atoms. The van der Waals surface area contributed by atoms with Crippen molar-refractivity contribution in [2.24, 2.45) is 5.11 Å². The number of hydrogen-bond acceptors (Lipinski definition) is 5. The van der Waals surface area contributed by atoms with E-state index in [1.807, 2.05) is 0 Å². The second-order valence-electron chi connectivity index (χ2n) is 3.76. The molecule has 108 valence electrons. The molecule has 8 heteroatoms. The van der Waals surface area contributed by atoms with E-state index in [4.69, 9.17) is 10.3 Å². The van der Waals surface area contributed by atoms with Gasteiger partial charge in [0.2, 0.25) is 0 Å². The van der Waals surface area contributed by atoms with Gasteiger partial charge in [-0.1, -0.05) is 11.2 Å². The van der Waals surface area contributed by atoms with Crippen LogP contribution in [0, 0.1) is 5.82 Å². The fourth-order valence-electron chi connectivity index (χ4n) is 1.62. The lowest BCUT2D eigenvalue weighted by Crippen LogP contribution is -2.31. The Balaban J connectivity index is 2.89. The van der Waals surface area contributed by atoms with Gasteiger partial charge in [-0.3, -0.25) is 0 Å². The maximum absolute atomic E-state index is 13.6. The summed E-state index contributed by atoms with van der Waals surface area (Å²) in [6.07, 6.45) is 0. The summed E-state index contributed by atoms with van der Waals surface area (Å²) in [7, 11) is 2.60. The summed E-state index contributed by atoms with van der Waals surface area (Å²) in [4.78, 5) is 14.3. The number of azide groups is 1. The minimum atomic E-state index is -0.839. The van der Waals surface area contributed by atoms with Crippen LogP contribution in [0.3, 0.4) is 0 Å². The Labute approximate surface area is 115 Å². The van der Waals surface area contributed by atoms with Gasteiger partial charge in [-0.15, -0.1) is 0 Å². The van der Waals surface area contributed by atoms with E-state index >= 15 is 0 Å². The number of halogens is 1. The van der Waals surface area contributed by atoms with Crippen molar-refractivity contribution in [3.05, 3.63) is 40.0 Å². The largest absolute Gasteiger partial charge is 0.494 e. The molecule has 0 amide bonds. The molecule has 0 heterocycles. The average Bonchev–Trinajstić information content (AvgIpc) is 2.46. The zero-order valence-corrected chi connectivity index (χ0v) is 11.2. The van der Waals surface area contributed by atoms with Crippen LogP contribution < -0.4 is 10.1 Å². The van der Waals surface area contributed by atoms with Gasteiger partial charge in [-0.25, -0.2) is 9.18 Å². The minimum absolute atomic E-state index is 0.0893. The van der Waals surface area contributed by atoms with Crippen LogP contribution in [0.5, 0.6) is 5.75 Å². The Bertz CT molecular complexity index is 517. The number of nitrogens with zero attached hydrogens (tertiary/aromatic N) is 3. The summed E-state index contributed by atoms with van der Waals surface area (Å²) in [6, 6.07) is 3.34. The molecule has 0 aliphatic carbocycles. The van der Waals surface area contributed by atoms with Gasteiger partial charge in [0.1, 0.15) is 6.04 Å². The summed E-state index contributed by atoms with van der Waals surface area (Å²) < 4.78 is 23.1. The van der Waals surface area contributed by atoms with E-state index in [9.17, 15) is 9.18 Å². The van der Waals surface area contributed by atoms with E-state index in [0.29, 0.717) is 5.56 Å². The summed E-state index contributed by atoms with van der Waals surface area (Å²) in [6.45, 7) is 0.431. The molecule has 0 aliphatic heterocycles. The van der Waals surface area contributed by atoms with Crippen molar-refractivity contribution < 1.29 is 18.7 Å². The third-order valence-electron chi connectivity index (χ3n) is 2.57. The predicted molar refractivity (Wildman–Crippen MR) is 69.7 cm³/mol. The second kappa shape index (κ2) is 7.98. The Kier molecular flexibility index (Phi) is 6.28. The molecule has 1 atom stereocenters. The van der Waals surface area contributed by atoms with Gasteiger partial charge >= 0.3 is 5.97 Å². The number of esters is 1. The standard InChI is InChI=1S/C12H15FN4O3/c1-19-10-4-3-8(7-9(10)13)11(12(18)20-2)15-5-6-16-17-14/h3-4,7,11,15H,5-6H2,1-2H3. The van der Waals surface area contributed by atoms with Crippen LogP contribution in [-0.4, -0.2) is 33.3 Å². The molecule has 1 aromatic carbocycles. The second-order valence-corrected chi connectivity index (χ2v) is 3.76. The smallest absolute Gasteiger partial charge is 0.327 e. The van der Waals surface area contributed by atoms with Gasteiger partial charge in [0.05, 0.1) is 14.2 Å². The van der Waals surface area contributed by atoms with Gasteiger partial charge in [0.25, 0.3) is 0 Å². The Morgan fingerprint density at radius 2 is 2.30 bits per heavy atom. The van der Waals surface area contributed by atoms with Crippen molar-refractivity contribution in [1.82, 2.24) is 5.32 Å². The van der Waals surface area contributed by atoms with Crippen LogP contribution >= 0.6 is 0 Å². The first-order valence-electron chi connectivity index (χ1n) is 5.79. The fraction of sp³-hybridized carbons (Fsp3) is 0.417. The Hall–Kier alpha value is -2.31. The summed E-state index contributed by atoms with van der Waals surface area (Å²) in [5, 5.41) is 6.18. The molecule has 1 N–H and O–H groups in total. The number of rotatable bonds is 7. The molecule has 1 aromatic rings. The topological polar surface area (TPSA) is 96.3 Å². The van der Waals surface area contributed by atoms with Crippen LogP contribution in [0.15, 0.2) is 23.3 Å². The van der Waals surface area contributed by atoms with Crippen LogP contribution in [-0.2, 0) is 9.53 Å². The van der Waals surface area contributed by atoms with Gasteiger partial charge in [-0.05, 0) is 23.2 Å². The number of methoxy groups -OCH3 is 2. The van der Waals surface area contributed by atoms with Crippen LogP contribution in [0.4, 0.5) is 4.39 Å². The first-order chi connectivity index (χ1) is 9.63. The number of benzene rings is 1. The number of carbonyl (C=O) groups is 1. The lowest BCUT2D eigenvalue weighted by molar-refractivity contribution is -0.143. The molecule has 20 heavy (non-hydrogen) atoms. The molecule has 0 aromatic heterocycles. The van der Waals surface area contributed by atoms with E-state index in [2.05, 4.69) is 20.1 Å². The Morgan fingerprint density at radius 3 is 2.85 bits per heavy atom. The number of hydrogen-bond donors (Lipinski definition) is 1. The number of nitrogens with one attached hydrogen (secondary N) is 1. The van der Waals surface area contributed by atoms with Gasteiger partial charge in [0, 0.05) is 18.0 Å². The van der Waals surface area contributed by atoms with Crippen molar-refractivity contribution in [1.29, 1.82) is 0 Å². The molecular formula is C12H15FN4O3. The lowest BCUT2D eigenvalue weighted by Gasteiger charge is -2.17. The monoisotopic (exact) mass is 282 g/mol. The fourth-order valence-corrected chi connectivity index (χ4v) is 1.62. The molecule has 0 spiro atoms. The molecule has 0 saturated heterocycles. The maximum Gasteiger partial charge on any atom is 0.327 e. The quantitative estimate of drug-likeness (QED) is 0.272. The van der Waals surface area contributed by atoms with Crippen molar-refractivity contribution in [2.45, 2.75) is 6.04 Å². The van der Waals surface area contributed by atoms with Crippen LogP contribution in [0.2, 0.25) is 0 Å². The van der Waals surface area contributed by atoms with Crippen molar-refractivity contribution >= 4 is 5.97 Å². The van der Waals surface area contributed by atoms with Gasteiger partial charge in [0.15, 0.2) is 11.6 Å². The summed E-state index contributed by atoms with van der Waals surface area (Å²) >= 11 is 0. The summed E-state index contributed by atoms with van der Waals surface area (Å²) in [5.41, 5.74) is 8.57. The van der Waals surface area contributed by atoms with E-state index in [0.717, 1.165) is 0 Å². The van der Waals surface area contributed by atoms with E-state index in [1.54, 1.807) is 6.07 Å². The van der Waals surface area contributed by atoms with Crippen LogP contribution in [0.1, 0.15) is 11.6 Å². The molecule has 0 radical (unpaired) electrons. The SMILES string of the molecule is COC(=O)C(NCCN=[N+]=[N-])c1ccc(OC)c(F)c1. The van der Waals surface area contributed by atoms with E-state index < -0.39 is 17.8 Å². The Morgan fingerprint density at radius 1 is 1.55 bits per heavy atom. The van der Waals surface area contributed by atoms with Crippen LogP contribution in [0.25, 0.3) is 10.4 Å². The highest BCUT2D eigenvalue weighted by atomic mass is 19.1. The normalized spacial score (nSPS) is 11.3. The van der Waals surface area contributed by atoms with Crippen molar-refractivity contribution in [2.75, 3.05) is 27.3 Å². The average molecular weight is 282 g/mol. The van der Waals surface area contributed by atoms with E-state index in [1.165, 1.54) is 26.4 Å². The molecular weight excluding hydrogens is 267 g/mol. The highest BCUT2D eigenvalue weighted by Gasteiger charge is 2.21. The molecule has 0 aliphatic rings. The molecule has 1 rings (SSSR count). The summed E-state index contributed by atoms with van der Waals surface area (Å²) in [5.74, 6) is -1.04. The minimum Gasteiger partial charge on any atom is -0.494 e. The first-order valence-corrected chi connectivity index (χ1v) is 5.79. The number of carbonyl (C=O) groups excluding carboxylic acids is 1. The highest BCUT2D eigenvalue weighted by molar-refractivity contribution is 5.77. The number of ether oxygens (including phenoxy) is 2. The van der Waals surface area contributed by atoms with Gasteiger partial charge in [-0.2, -0.15) is 0 Å². The third-order valence-corrected chi connectivity index (χ3v) is 2.57. The maximum atomic E-state index is 13.6. The van der Waals surface area contributed by atoms with E-state index in [-0.39, 0.29) is 18.8 Å². The molecule has 1 unspecified atom stereocenters. The zero-order valence-electron chi connectivity index (χ0n) is 11.2. The molecule has 7 nitrogen and oxygen atoms in total. The lowest BCUT2D eigenvalue weighted by atomic mass is 10.1. The molecule has 0 saturated carbocycles. The molecule has 0 fully saturated rings. The highest BCUT2D eigenvalue weighted by Crippen LogP contribution is 2.22. The van der Waals surface area contributed by atoms with Crippen molar-refractivity contribution in [3.63, 3.8) is 0 Å². The first kappa shape index (κ1) is 15.7. The zero-order chi connectivity index (χ0) is 15.0. The van der Waals surface area contributed by atoms with Gasteiger partial charge < -0.3 is 14.8 Å². The predicted octanol–water partition coefficient (Wildman–Crippen LogP) is 1.95. The third kappa shape index (κ3) is 4.11. The van der Waals surface area contributed by atoms with Crippen molar-refractivity contribution in [3.8, 4) is 5.75 Å².